The molecule has 0 aliphatic carbocycles. The first kappa shape index (κ1) is 19.6. The van der Waals surface area contributed by atoms with Crippen molar-refractivity contribution < 1.29 is 19.5 Å². The van der Waals surface area contributed by atoms with Crippen LogP contribution in [0.15, 0.2) is 64.6 Å². The molecule has 0 spiro atoms. The zero-order valence-corrected chi connectivity index (χ0v) is 17.0. The summed E-state index contributed by atoms with van der Waals surface area (Å²) in [4.78, 5) is 6.70. The Hall–Kier alpha value is -3.36. The van der Waals surface area contributed by atoms with Crippen LogP contribution in [0.25, 0.3) is 27.9 Å². The van der Waals surface area contributed by atoms with E-state index in [-0.39, 0.29) is 12.6 Å². The minimum absolute atomic E-state index is 0.188. The largest absolute Gasteiger partial charge is 0.492 e. The minimum Gasteiger partial charge on any atom is -0.492 e. The molecule has 2 N–H and O–H groups in total. The molecular formula is C23H24N4O4. The van der Waals surface area contributed by atoms with Gasteiger partial charge in [0.25, 0.3) is 0 Å². The molecule has 0 saturated carbocycles. The molecular weight excluding hydrogens is 396 g/mol. The summed E-state index contributed by atoms with van der Waals surface area (Å²) in [6.07, 6.45) is 5.79. The molecule has 1 unspecified atom stereocenters. The van der Waals surface area contributed by atoms with E-state index in [1.54, 1.807) is 12.4 Å². The Kier molecular flexibility index (Phi) is 5.31. The van der Waals surface area contributed by atoms with Gasteiger partial charge in [0.15, 0.2) is 5.76 Å². The molecule has 0 bridgehead atoms. The summed E-state index contributed by atoms with van der Waals surface area (Å²) in [6.45, 7) is 2.46. The van der Waals surface area contributed by atoms with Crippen molar-refractivity contribution in [3.05, 3.63) is 60.3 Å². The maximum Gasteiger partial charge on any atom is 0.155 e. The topological polar surface area (TPSA) is 95.7 Å². The number of fused-ring (bicyclic) bond motifs is 2. The van der Waals surface area contributed by atoms with Gasteiger partial charge in [-0.1, -0.05) is 5.16 Å². The van der Waals surface area contributed by atoms with E-state index < -0.39 is 0 Å². The summed E-state index contributed by atoms with van der Waals surface area (Å²) in [5.41, 5.74) is 2.23. The Morgan fingerprint density at radius 2 is 2.16 bits per heavy atom. The highest BCUT2D eigenvalue weighted by atomic mass is 16.5. The highest BCUT2D eigenvalue weighted by Gasteiger charge is 2.23. The van der Waals surface area contributed by atoms with E-state index in [1.807, 2.05) is 47.0 Å². The van der Waals surface area contributed by atoms with Crippen molar-refractivity contribution in [2.75, 3.05) is 26.3 Å². The van der Waals surface area contributed by atoms with Crippen LogP contribution in [-0.2, 0) is 0 Å². The van der Waals surface area contributed by atoms with Crippen molar-refractivity contribution in [2.45, 2.75) is 18.9 Å². The fraction of sp³-hybridized carbons (Fsp3) is 0.304. The van der Waals surface area contributed by atoms with Gasteiger partial charge in [-0.25, -0.2) is 4.98 Å². The maximum absolute atomic E-state index is 9.60. The van der Waals surface area contributed by atoms with Gasteiger partial charge in [0.1, 0.15) is 29.0 Å². The number of hydrogen-bond donors (Lipinski definition) is 2. The zero-order chi connectivity index (χ0) is 21.2. The third kappa shape index (κ3) is 3.87. The Morgan fingerprint density at radius 1 is 1.23 bits per heavy atom. The number of nitrogens with zero attached hydrogens (tertiary/aromatic N) is 4. The van der Waals surface area contributed by atoms with E-state index >= 15 is 0 Å². The van der Waals surface area contributed by atoms with Gasteiger partial charge in [-0.3, -0.25) is 4.90 Å². The van der Waals surface area contributed by atoms with Crippen LogP contribution in [0.3, 0.4) is 0 Å². The molecule has 1 aliphatic rings. The number of hydrogen-bond acceptors (Lipinski definition) is 7. The van der Waals surface area contributed by atoms with Gasteiger partial charge in [0.2, 0.25) is 0 Å². The fourth-order valence-corrected chi connectivity index (χ4v) is 4.19. The van der Waals surface area contributed by atoms with Gasteiger partial charge in [0.05, 0.1) is 18.3 Å². The number of likely N-dealkylation sites (tertiary alicyclic amines) is 1. The molecule has 160 valence electrons. The Balaban J connectivity index is 1.39. The third-order valence-electron chi connectivity index (χ3n) is 5.85. The molecule has 0 amide bonds. The van der Waals surface area contributed by atoms with Crippen molar-refractivity contribution in [1.82, 2.24) is 14.3 Å². The number of ether oxygens (including phenoxy) is 1. The van der Waals surface area contributed by atoms with Crippen LogP contribution in [0.5, 0.6) is 5.75 Å². The SMILES string of the molecule is OCC1CCCN1CCOc1ccc2oc(-c3cc4cccn4cn3)cc(=NO)c2c1. The second-order valence-electron chi connectivity index (χ2n) is 7.73. The monoisotopic (exact) mass is 420 g/mol. The van der Waals surface area contributed by atoms with Crippen molar-refractivity contribution in [2.24, 2.45) is 5.16 Å². The van der Waals surface area contributed by atoms with Gasteiger partial charge < -0.3 is 23.9 Å². The Morgan fingerprint density at radius 3 is 3.03 bits per heavy atom. The summed E-state index contributed by atoms with van der Waals surface area (Å²) in [5, 5.41) is 23.5. The van der Waals surface area contributed by atoms with Crippen molar-refractivity contribution in [1.29, 1.82) is 0 Å². The highest BCUT2D eigenvalue weighted by molar-refractivity contribution is 5.80. The van der Waals surface area contributed by atoms with Crippen LogP contribution in [0.1, 0.15) is 12.8 Å². The maximum atomic E-state index is 9.60. The summed E-state index contributed by atoms with van der Waals surface area (Å²) >= 11 is 0. The highest BCUT2D eigenvalue weighted by Crippen LogP contribution is 2.25. The molecule has 8 nitrogen and oxygen atoms in total. The van der Waals surface area contributed by atoms with Crippen LogP contribution in [0, 0.1) is 0 Å². The normalized spacial score (nSPS) is 17.7. The van der Waals surface area contributed by atoms with E-state index in [0.29, 0.717) is 40.1 Å². The van der Waals surface area contributed by atoms with Gasteiger partial charge in [-0.15, -0.1) is 0 Å². The molecule has 1 atom stereocenters. The zero-order valence-electron chi connectivity index (χ0n) is 17.0. The first-order chi connectivity index (χ1) is 15.2. The lowest BCUT2D eigenvalue weighted by atomic mass is 10.2. The predicted octanol–water partition coefficient (Wildman–Crippen LogP) is 2.87. The van der Waals surface area contributed by atoms with Gasteiger partial charge in [0, 0.05) is 30.4 Å². The van der Waals surface area contributed by atoms with Crippen molar-refractivity contribution in [3.8, 4) is 17.2 Å². The smallest absolute Gasteiger partial charge is 0.155 e. The van der Waals surface area contributed by atoms with E-state index in [0.717, 1.165) is 31.4 Å². The minimum atomic E-state index is 0.188. The summed E-state index contributed by atoms with van der Waals surface area (Å²) in [7, 11) is 0. The van der Waals surface area contributed by atoms with Gasteiger partial charge >= 0.3 is 0 Å². The lowest BCUT2D eigenvalue weighted by Gasteiger charge is -2.22. The van der Waals surface area contributed by atoms with Crippen molar-refractivity contribution in [3.63, 3.8) is 0 Å². The van der Waals surface area contributed by atoms with Crippen molar-refractivity contribution >= 4 is 16.5 Å². The van der Waals surface area contributed by atoms with Gasteiger partial charge in [-0.05, 0) is 55.8 Å². The standard InChI is InChI=1S/C23H24N4O4/c28-14-17-4-2-7-26(17)9-10-30-18-5-6-22-19(12-18)20(25-29)13-23(31-22)21-11-16-3-1-8-27(16)15-24-21/h1,3,5-6,8,11-13,15,17,28-29H,2,4,7,9-10,14H2. The van der Waals surface area contributed by atoms with Crippen LogP contribution in [0.2, 0.25) is 0 Å². The quantitative estimate of drug-likeness (QED) is 0.368. The first-order valence-electron chi connectivity index (χ1n) is 10.4. The molecule has 3 aromatic heterocycles. The molecule has 4 aromatic rings. The number of aliphatic hydroxyl groups excluding tert-OH is 1. The number of benzene rings is 1. The van der Waals surface area contributed by atoms with E-state index in [2.05, 4.69) is 15.0 Å². The molecule has 1 aliphatic heterocycles. The summed E-state index contributed by atoms with van der Waals surface area (Å²) < 4.78 is 13.9. The molecule has 31 heavy (non-hydrogen) atoms. The lowest BCUT2D eigenvalue weighted by Crippen LogP contribution is -2.35. The fourth-order valence-electron chi connectivity index (χ4n) is 4.19. The predicted molar refractivity (Wildman–Crippen MR) is 115 cm³/mol. The van der Waals surface area contributed by atoms with E-state index in [9.17, 15) is 10.3 Å². The number of rotatable bonds is 6. The van der Waals surface area contributed by atoms with Crippen LogP contribution in [0.4, 0.5) is 0 Å². The molecule has 5 rings (SSSR count). The first-order valence-corrected chi connectivity index (χ1v) is 10.4. The second-order valence-corrected chi connectivity index (χ2v) is 7.73. The molecule has 4 heterocycles. The second kappa shape index (κ2) is 8.41. The number of aliphatic hydroxyl groups is 1. The van der Waals surface area contributed by atoms with Crippen LogP contribution < -0.4 is 10.1 Å². The van der Waals surface area contributed by atoms with Gasteiger partial charge in [-0.2, -0.15) is 0 Å². The Labute approximate surface area is 178 Å². The molecule has 1 fully saturated rings. The van der Waals surface area contributed by atoms with E-state index in [1.165, 1.54) is 0 Å². The average molecular weight is 420 g/mol. The average Bonchev–Trinajstić information content (AvgIpc) is 3.46. The molecule has 8 heteroatoms. The molecule has 0 radical (unpaired) electrons. The summed E-state index contributed by atoms with van der Waals surface area (Å²) in [6, 6.07) is 13.2. The third-order valence-corrected chi connectivity index (χ3v) is 5.85. The molecule has 1 saturated heterocycles. The Bertz CT molecular complexity index is 1280. The van der Waals surface area contributed by atoms with Crippen LogP contribution >= 0.6 is 0 Å². The lowest BCUT2D eigenvalue weighted by molar-refractivity contribution is 0.139. The summed E-state index contributed by atoms with van der Waals surface area (Å²) in [5.74, 6) is 1.19. The molecule has 1 aromatic carbocycles. The van der Waals surface area contributed by atoms with E-state index in [4.69, 9.17) is 9.15 Å². The van der Waals surface area contributed by atoms with Crippen LogP contribution in [-0.4, -0.2) is 56.9 Å². The number of aromatic nitrogens is 2.